The van der Waals surface area contributed by atoms with Gasteiger partial charge in [0.05, 0.1) is 5.56 Å². The van der Waals surface area contributed by atoms with E-state index in [2.05, 4.69) is 11.3 Å². The van der Waals surface area contributed by atoms with Crippen LogP contribution in [-0.2, 0) is 4.74 Å². The summed E-state index contributed by atoms with van der Waals surface area (Å²) in [5.41, 5.74) is 1.84. The molecule has 0 saturated carbocycles. The van der Waals surface area contributed by atoms with Gasteiger partial charge in [-0.15, -0.1) is 11.3 Å². The van der Waals surface area contributed by atoms with Crippen molar-refractivity contribution in [2.75, 3.05) is 6.79 Å². The molecule has 2 rings (SSSR count). The number of allylic oxidation sites excluding steroid dienone is 1. The summed E-state index contributed by atoms with van der Waals surface area (Å²) in [5.74, 6) is -0.627. The van der Waals surface area contributed by atoms with Crippen LogP contribution < -0.4 is 5.43 Å². The van der Waals surface area contributed by atoms with E-state index in [0.717, 1.165) is 10.5 Å². The van der Waals surface area contributed by atoms with Crippen molar-refractivity contribution in [3.63, 3.8) is 0 Å². The predicted octanol–water partition coefficient (Wildman–Crippen LogP) is 3.43. The maximum Gasteiger partial charge on any atom is 0.340 e. The number of fused-ring (bicyclic) bond motifs is 1. The molecule has 1 aromatic heterocycles. The molecule has 5 heteroatoms. The van der Waals surface area contributed by atoms with E-state index in [1.165, 1.54) is 17.4 Å². The van der Waals surface area contributed by atoms with Gasteiger partial charge in [0.25, 0.3) is 0 Å². The van der Waals surface area contributed by atoms with E-state index in [-0.39, 0.29) is 5.43 Å². The molecule has 0 unspecified atom stereocenters. The monoisotopic (exact) mass is 316 g/mol. The van der Waals surface area contributed by atoms with Gasteiger partial charge in [0.2, 0.25) is 0 Å². The van der Waals surface area contributed by atoms with Crippen LogP contribution in [0.3, 0.4) is 0 Å². The molecule has 0 spiro atoms. The van der Waals surface area contributed by atoms with Crippen molar-refractivity contribution in [3.8, 4) is 0 Å². The van der Waals surface area contributed by atoms with Crippen molar-refractivity contribution in [2.45, 2.75) is 13.8 Å². The minimum absolute atomic E-state index is 0.0908. The van der Waals surface area contributed by atoms with Gasteiger partial charge in [-0.05, 0) is 32.0 Å². The molecule has 0 radical (unpaired) electrons. The fraction of sp³-hybridized carbons (Fsp3) is 0.176. The lowest BCUT2D eigenvalue weighted by Gasteiger charge is -2.06. The summed E-state index contributed by atoms with van der Waals surface area (Å²) >= 11 is 1.39. The molecule has 114 valence electrons. The van der Waals surface area contributed by atoms with Crippen molar-refractivity contribution in [1.29, 1.82) is 0 Å². The number of esters is 1. The maximum atomic E-state index is 12.6. The topological polar surface area (TPSA) is 63.6 Å². The van der Waals surface area contributed by atoms with Crippen LogP contribution in [0.25, 0.3) is 22.2 Å². The van der Waals surface area contributed by atoms with E-state index < -0.39 is 12.8 Å². The van der Waals surface area contributed by atoms with Crippen molar-refractivity contribution >= 4 is 39.5 Å². The van der Waals surface area contributed by atoms with E-state index in [4.69, 9.17) is 5.11 Å². The molecule has 0 amide bonds. The van der Waals surface area contributed by atoms with Crippen LogP contribution >= 0.6 is 11.3 Å². The first kappa shape index (κ1) is 16.1. The maximum absolute atomic E-state index is 12.6. The van der Waals surface area contributed by atoms with E-state index in [9.17, 15) is 9.59 Å². The molecule has 0 bridgehead atoms. The smallest absolute Gasteiger partial charge is 0.340 e. The molecule has 0 aliphatic rings. The number of hydrogen-bond donors (Lipinski definition) is 1. The lowest BCUT2D eigenvalue weighted by atomic mass is 10.1. The van der Waals surface area contributed by atoms with E-state index >= 15 is 0 Å². The number of hydrogen-bond acceptors (Lipinski definition) is 5. The number of ether oxygens (including phenoxy) is 1. The quantitative estimate of drug-likeness (QED) is 0.693. The first-order valence-electron chi connectivity index (χ1n) is 6.64. The Balaban J connectivity index is 2.71. The summed E-state index contributed by atoms with van der Waals surface area (Å²) < 4.78 is 5.23. The molecule has 0 aliphatic carbocycles. The summed E-state index contributed by atoms with van der Waals surface area (Å²) in [5, 5.41) is 9.19. The Kier molecular flexibility index (Phi) is 4.90. The SMILES string of the molecule is C=Cc1sc2cc(C(=O)OCO)ccc2c(=O)c1C=C(C)C. The highest BCUT2D eigenvalue weighted by molar-refractivity contribution is 7.19. The van der Waals surface area contributed by atoms with Gasteiger partial charge in [0.15, 0.2) is 12.2 Å². The van der Waals surface area contributed by atoms with Gasteiger partial charge in [0, 0.05) is 20.5 Å². The van der Waals surface area contributed by atoms with Gasteiger partial charge < -0.3 is 9.84 Å². The molecule has 22 heavy (non-hydrogen) atoms. The van der Waals surface area contributed by atoms with E-state index in [0.29, 0.717) is 21.2 Å². The second-order valence-electron chi connectivity index (χ2n) is 4.91. The first-order chi connectivity index (χ1) is 10.5. The standard InChI is InChI=1S/C17H16O4S/c1-4-14-13(7-10(2)3)16(19)12-6-5-11(8-15(12)22-14)17(20)21-9-18/h4-8,18H,1,9H2,2-3H3. The second-order valence-corrected chi connectivity index (χ2v) is 5.99. The molecule has 0 fully saturated rings. The Morgan fingerprint density at radius 2 is 2.14 bits per heavy atom. The van der Waals surface area contributed by atoms with Gasteiger partial charge in [-0.25, -0.2) is 4.79 Å². The summed E-state index contributed by atoms with van der Waals surface area (Å²) in [7, 11) is 0. The molecule has 1 N–H and O–H groups in total. The van der Waals surface area contributed by atoms with Crippen LogP contribution in [0, 0.1) is 0 Å². The van der Waals surface area contributed by atoms with Crippen LogP contribution in [0.1, 0.15) is 34.6 Å². The van der Waals surface area contributed by atoms with Gasteiger partial charge in [0.1, 0.15) is 0 Å². The fourth-order valence-corrected chi connectivity index (χ4v) is 3.11. The fourth-order valence-electron chi connectivity index (χ4n) is 2.07. The molecule has 1 heterocycles. The molecule has 4 nitrogen and oxygen atoms in total. The molecule has 0 aliphatic heterocycles. The van der Waals surface area contributed by atoms with Gasteiger partial charge in [-0.3, -0.25) is 4.79 Å². The molecule has 1 aromatic carbocycles. The Morgan fingerprint density at radius 3 is 2.73 bits per heavy atom. The average Bonchev–Trinajstić information content (AvgIpc) is 2.49. The number of carbonyl (C=O) groups excluding carboxylic acids is 1. The lowest BCUT2D eigenvalue weighted by molar-refractivity contribution is 0.00685. The van der Waals surface area contributed by atoms with Gasteiger partial charge in [-0.2, -0.15) is 0 Å². The van der Waals surface area contributed by atoms with E-state index in [1.807, 2.05) is 19.9 Å². The van der Waals surface area contributed by atoms with Crippen LogP contribution in [0.4, 0.5) is 0 Å². The highest BCUT2D eigenvalue weighted by Crippen LogP contribution is 2.25. The number of aliphatic hydroxyl groups excluding tert-OH is 1. The van der Waals surface area contributed by atoms with Crippen molar-refractivity contribution in [2.24, 2.45) is 0 Å². The zero-order chi connectivity index (χ0) is 16.3. The average molecular weight is 316 g/mol. The summed E-state index contributed by atoms with van der Waals surface area (Å²) in [6.07, 6.45) is 3.47. The Labute approximate surface area is 132 Å². The number of rotatable bonds is 4. The second kappa shape index (κ2) is 6.68. The van der Waals surface area contributed by atoms with Gasteiger partial charge >= 0.3 is 5.97 Å². The predicted molar refractivity (Wildman–Crippen MR) is 90.0 cm³/mol. The zero-order valence-electron chi connectivity index (χ0n) is 12.4. The van der Waals surface area contributed by atoms with Crippen LogP contribution in [0.15, 0.2) is 35.1 Å². The first-order valence-corrected chi connectivity index (χ1v) is 7.45. The molecule has 0 atom stereocenters. The third kappa shape index (κ3) is 3.16. The Hall–Kier alpha value is -2.24. The lowest BCUT2D eigenvalue weighted by Crippen LogP contribution is -2.09. The largest absolute Gasteiger partial charge is 0.435 e. The number of aliphatic hydroxyl groups is 1. The third-order valence-corrected chi connectivity index (χ3v) is 4.17. The summed E-state index contributed by atoms with van der Waals surface area (Å²) in [6, 6.07) is 4.73. The van der Waals surface area contributed by atoms with Crippen LogP contribution in [0.5, 0.6) is 0 Å². The van der Waals surface area contributed by atoms with Crippen molar-refractivity contribution < 1.29 is 14.6 Å². The highest BCUT2D eigenvalue weighted by atomic mass is 32.1. The van der Waals surface area contributed by atoms with Crippen molar-refractivity contribution in [3.05, 3.63) is 56.6 Å². The van der Waals surface area contributed by atoms with Crippen LogP contribution in [-0.4, -0.2) is 17.9 Å². The molecule has 2 aromatic rings. The molecular weight excluding hydrogens is 300 g/mol. The van der Waals surface area contributed by atoms with E-state index in [1.54, 1.807) is 18.2 Å². The van der Waals surface area contributed by atoms with Gasteiger partial charge in [-0.1, -0.05) is 24.3 Å². The Bertz CT molecular complexity index is 826. The number of carbonyl (C=O) groups is 1. The summed E-state index contributed by atoms with van der Waals surface area (Å²) in [4.78, 5) is 25.0. The van der Waals surface area contributed by atoms with Crippen LogP contribution in [0.2, 0.25) is 0 Å². The molecular formula is C17H16O4S. The Morgan fingerprint density at radius 1 is 1.41 bits per heavy atom. The highest BCUT2D eigenvalue weighted by Gasteiger charge is 2.12. The third-order valence-electron chi connectivity index (χ3n) is 3.01. The van der Waals surface area contributed by atoms with Crippen molar-refractivity contribution in [1.82, 2.24) is 0 Å². The zero-order valence-corrected chi connectivity index (χ0v) is 13.2. The minimum atomic E-state index is -0.676. The summed E-state index contributed by atoms with van der Waals surface area (Å²) in [6.45, 7) is 6.93. The molecule has 0 saturated heterocycles. The number of benzene rings is 1. The normalized spacial score (nSPS) is 10.3. The minimum Gasteiger partial charge on any atom is -0.435 e.